The number of nitrogens with zero attached hydrogens (tertiary/aromatic N) is 2. The maximum absolute atomic E-state index is 10.5. The molecule has 4 rings (SSSR count). The number of hydrogen-bond donors (Lipinski definition) is 1. The highest BCUT2D eigenvalue weighted by Crippen LogP contribution is 2.32. The summed E-state index contributed by atoms with van der Waals surface area (Å²) in [7, 11) is 7.43. The molecule has 0 atom stereocenters. The Morgan fingerprint density at radius 1 is 1.00 bits per heavy atom. The van der Waals surface area contributed by atoms with Crippen LogP contribution < -0.4 is 15.0 Å². The molecule has 0 radical (unpaired) electrons. The number of rotatable bonds is 5. The lowest BCUT2D eigenvalue weighted by molar-refractivity contribution is 0.112. The molecule has 0 amide bonds. The Hall–Kier alpha value is -3.38. The summed E-state index contributed by atoms with van der Waals surface area (Å²) in [6, 6.07) is 21.8. The van der Waals surface area contributed by atoms with Crippen molar-refractivity contribution < 1.29 is 9.53 Å². The smallest absolute Gasteiger partial charge is 0.152 e. The number of nitrogens with one attached hydrogen (secondary N) is 1. The minimum atomic E-state index is 0.734. The molecule has 0 saturated heterocycles. The van der Waals surface area contributed by atoms with E-state index in [1.807, 2.05) is 82.4 Å². The highest BCUT2D eigenvalue weighted by atomic mass is 32.1. The molecule has 6 heteroatoms. The van der Waals surface area contributed by atoms with E-state index in [0.717, 1.165) is 49.8 Å². The molecule has 0 bridgehead atoms. The zero-order valence-electron chi connectivity index (χ0n) is 19.5. The number of para-hydroxylation sites is 1. The van der Waals surface area contributed by atoms with Crippen LogP contribution in [-0.2, 0) is 0 Å². The van der Waals surface area contributed by atoms with Gasteiger partial charge in [-0.15, -0.1) is 11.3 Å². The summed E-state index contributed by atoms with van der Waals surface area (Å²) in [6.07, 6.45) is 0.870. The molecular formula is C26H31N3O2S. The van der Waals surface area contributed by atoms with E-state index >= 15 is 0 Å². The van der Waals surface area contributed by atoms with Crippen LogP contribution in [0.2, 0.25) is 0 Å². The molecule has 5 nitrogen and oxygen atoms in total. The largest absolute Gasteiger partial charge is 0.497 e. The van der Waals surface area contributed by atoms with Gasteiger partial charge in [-0.3, -0.25) is 4.79 Å². The zero-order chi connectivity index (χ0) is 23.5. The molecule has 168 valence electrons. The predicted molar refractivity (Wildman–Crippen MR) is 139 cm³/mol. The average Bonchev–Trinajstić information content (AvgIpc) is 3.29. The van der Waals surface area contributed by atoms with E-state index in [0.29, 0.717) is 0 Å². The number of carbonyl (C=O) groups excluding carboxylic acids is 1. The first-order chi connectivity index (χ1) is 15.5. The van der Waals surface area contributed by atoms with Crippen LogP contribution in [0.3, 0.4) is 0 Å². The number of ether oxygens (including phenoxy) is 1. The number of aromatic nitrogens is 1. The summed E-state index contributed by atoms with van der Waals surface area (Å²) in [5.41, 5.74) is 4.95. The van der Waals surface area contributed by atoms with E-state index in [9.17, 15) is 4.79 Å². The Labute approximate surface area is 194 Å². The summed E-state index contributed by atoms with van der Waals surface area (Å²) in [6.45, 7) is 4.00. The van der Waals surface area contributed by atoms with Crippen LogP contribution in [-0.4, -0.2) is 39.5 Å². The fraction of sp³-hybridized carbons (Fsp3) is 0.231. The number of anilines is 2. The molecule has 0 aliphatic heterocycles. The first kappa shape index (κ1) is 24.9. The van der Waals surface area contributed by atoms with Crippen LogP contribution in [0.25, 0.3) is 20.8 Å². The van der Waals surface area contributed by atoms with E-state index in [2.05, 4.69) is 34.6 Å². The Morgan fingerprint density at radius 2 is 1.69 bits per heavy atom. The van der Waals surface area contributed by atoms with Crippen LogP contribution in [0.15, 0.2) is 66.7 Å². The molecule has 1 N–H and O–H groups in total. The molecule has 0 aliphatic rings. The monoisotopic (exact) mass is 449 g/mol. The minimum Gasteiger partial charge on any atom is -0.497 e. The number of hydrogen-bond acceptors (Lipinski definition) is 6. The number of carbonyl (C=O) groups is 1. The molecule has 0 unspecified atom stereocenters. The van der Waals surface area contributed by atoms with Crippen LogP contribution in [0.5, 0.6) is 5.75 Å². The zero-order valence-corrected chi connectivity index (χ0v) is 20.4. The Bertz CT molecular complexity index is 1120. The summed E-state index contributed by atoms with van der Waals surface area (Å²) >= 11 is 1.68. The van der Waals surface area contributed by atoms with Gasteiger partial charge in [-0.05, 0) is 54.6 Å². The third-order valence-corrected chi connectivity index (χ3v) is 5.63. The van der Waals surface area contributed by atoms with Crippen molar-refractivity contribution in [1.29, 1.82) is 0 Å². The molecular weight excluding hydrogens is 418 g/mol. The van der Waals surface area contributed by atoms with E-state index in [1.165, 1.54) is 0 Å². The van der Waals surface area contributed by atoms with Gasteiger partial charge in [0.1, 0.15) is 10.8 Å². The highest BCUT2D eigenvalue weighted by Gasteiger charge is 2.07. The fourth-order valence-corrected chi connectivity index (χ4v) is 3.93. The fourth-order valence-electron chi connectivity index (χ4n) is 2.93. The van der Waals surface area contributed by atoms with Crippen LogP contribution in [0.1, 0.15) is 24.2 Å². The molecule has 32 heavy (non-hydrogen) atoms. The van der Waals surface area contributed by atoms with Gasteiger partial charge in [0.25, 0.3) is 0 Å². The lowest BCUT2D eigenvalue weighted by Gasteiger charge is -2.13. The SMILES string of the molecule is CC.CN(C)c1ccccc1C=O.CNc1ccc(-c2nc3ccc(OC)cc3s2)cc1. The molecule has 0 aliphatic carbocycles. The van der Waals surface area contributed by atoms with E-state index < -0.39 is 0 Å². The third-order valence-electron chi connectivity index (χ3n) is 4.56. The minimum absolute atomic E-state index is 0.734. The normalized spacial score (nSPS) is 9.69. The van der Waals surface area contributed by atoms with E-state index in [4.69, 9.17) is 4.74 Å². The van der Waals surface area contributed by atoms with Crippen LogP contribution in [0.4, 0.5) is 11.4 Å². The molecule has 3 aromatic carbocycles. The molecule has 0 saturated carbocycles. The van der Waals surface area contributed by atoms with Crippen molar-refractivity contribution in [3.63, 3.8) is 0 Å². The first-order valence-corrected chi connectivity index (χ1v) is 11.3. The van der Waals surface area contributed by atoms with Gasteiger partial charge in [0, 0.05) is 43.6 Å². The van der Waals surface area contributed by atoms with Crippen molar-refractivity contribution in [2.24, 2.45) is 0 Å². The maximum atomic E-state index is 10.5. The Kier molecular flexibility index (Phi) is 9.70. The Balaban J connectivity index is 0.000000239. The van der Waals surface area contributed by atoms with Gasteiger partial charge in [-0.1, -0.05) is 26.0 Å². The van der Waals surface area contributed by atoms with Crippen molar-refractivity contribution in [2.45, 2.75) is 13.8 Å². The highest BCUT2D eigenvalue weighted by molar-refractivity contribution is 7.21. The molecule has 1 heterocycles. The van der Waals surface area contributed by atoms with Crippen molar-refractivity contribution >= 4 is 39.2 Å². The van der Waals surface area contributed by atoms with Gasteiger partial charge >= 0.3 is 0 Å². The van der Waals surface area contributed by atoms with Crippen molar-refractivity contribution in [2.75, 3.05) is 38.5 Å². The number of thiazole rings is 1. The quantitative estimate of drug-likeness (QED) is 0.348. The van der Waals surface area contributed by atoms with Crippen LogP contribution in [0, 0.1) is 0 Å². The van der Waals surface area contributed by atoms with E-state index in [1.54, 1.807) is 18.4 Å². The second-order valence-electron chi connectivity index (χ2n) is 6.75. The maximum Gasteiger partial charge on any atom is 0.152 e. The van der Waals surface area contributed by atoms with Crippen molar-refractivity contribution in [3.8, 4) is 16.3 Å². The van der Waals surface area contributed by atoms with E-state index in [-0.39, 0.29) is 0 Å². The van der Waals surface area contributed by atoms with Gasteiger partial charge in [0.15, 0.2) is 6.29 Å². The lowest BCUT2D eigenvalue weighted by Crippen LogP contribution is -2.10. The lowest BCUT2D eigenvalue weighted by atomic mass is 10.2. The van der Waals surface area contributed by atoms with Gasteiger partial charge in [-0.2, -0.15) is 0 Å². The summed E-state index contributed by atoms with van der Waals surface area (Å²) in [4.78, 5) is 17.1. The van der Waals surface area contributed by atoms with Crippen molar-refractivity contribution in [1.82, 2.24) is 4.98 Å². The topological polar surface area (TPSA) is 54.5 Å². The second-order valence-corrected chi connectivity index (χ2v) is 7.78. The van der Waals surface area contributed by atoms with Gasteiger partial charge in [0.05, 0.1) is 17.3 Å². The third kappa shape index (κ3) is 6.31. The number of methoxy groups -OCH3 is 1. The first-order valence-electron chi connectivity index (χ1n) is 10.5. The number of aldehydes is 1. The molecule has 4 aromatic rings. The Morgan fingerprint density at radius 3 is 2.25 bits per heavy atom. The molecule has 0 fully saturated rings. The number of benzene rings is 3. The summed E-state index contributed by atoms with van der Waals surface area (Å²) < 4.78 is 6.38. The average molecular weight is 450 g/mol. The van der Waals surface area contributed by atoms with Gasteiger partial charge in [0.2, 0.25) is 0 Å². The number of fused-ring (bicyclic) bond motifs is 1. The predicted octanol–water partition coefficient (Wildman–Crippen LogP) is 6.60. The van der Waals surface area contributed by atoms with Crippen LogP contribution >= 0.6 is 11.3 Å². The standard InChI is InChI=1S/C15H14N2OS.C9H11NO.C2H6/c1-16-11-5-3-10(4-6-11)15-17-13-8-7-12(18-2)9-14(13)19-15;1-10(2)9-6-4-3-5-8(9)7-11;1-2/h3-9,16H,1-2H3;3-7H,1-2H3;1-2H3. The molecule has 1 aromatic heterocycles. The van der Waals surface area contributed by atoms with Gasteiger partial charge < -0.3 is 15.0 Å². The summed E-state index contributed by atoms with van der Waals surface area (Å²) in [5.74, 6) is 0.869. The molecule has 0 spiro atoms. The second kappa shape index (κ2) is 12.5. The van der Waals surface area contributed by atoms with Crippen molar-refractivity contribution in [3.05, 3.63) is 72.3 Å². The summed E-state index contributed by atoms with van der Waals surface area (Å²) in [5, 5.41) is 4.15. The van der Waals surface area contributed by atoms with Gasteiger partial charge in [-0.25, -0.2) is 4.98 Å².